The molecule has 0 saturated heterocycles. The molecule has 1 heterocycles. The first-order chi connectivity index (χ1) is 16.6. The van der Waals surface area contributed by atoms with Crippen molar-refractivity contribution in [3.05, 3.63) is 89.5 Å². The zero-order valence-corrected chi connectivity index (χ0v) is 19.1. The summed E-state index contributed by atoms with van der Waals surface area (Å²) in [7, 11) is 3.29. The van der Waals surface area contributed by atoms with Crippen molar-refractivity contribution in [2.24, 2.45) is 0 Å². The monoisotopic (exact) mass is 458 g/mol. The number of hydrogen-bond acceptors (Lipinski definition) is 5. The van der Waals surface area contributed by atoms with E-state index in [1.165, 1.54) is 6.08 Å². The van der Waals surface area contributed by atoms with Gasteiger partial charge >= 0.3 is 6.03 Å². The lowest BCUT2D eigenvalue weighted by atomic mass is 10.00. The number of allylic oxidation sites excluding steroid dienone is 1. The zero-order valence-electron chi connectivity index (χ0n) is 19.1. The summed E-state index contributed by atoms with van der Waals surface area (Å²) >= 11 is 0. The highest BCUT2D eigenvalue weighted by atomic mass is 16.7. The summed E-state index contributed by atoms with van der Waals surface area (Å²) in [6, 6.07) is 20.0. The molecule has 1 aliphatic heterocycles. The molecular weight excluding hydrogens is 432 g/mol. The average molecular weight is 459 g/mol. The number of fused-ring (bicyclic) bond motifs is 1. The van der Waals surface area contributed by atoms with Gasteiger partial charge in [0.25, 0.3) is 0 Å². The fraction of sp³-hybridized carbons (Fsp3) is 0.185. The highest BCUT2D eigenvalue weighted by Gasteiger charge is 2.24. The molecule has 0 fully saturated rings. The number of para-hydroxylation sites is 1. The number of likely N-dealkylation sites (N-methyl/N-ethyl adjacent to an activating group) is 1. The molecule has 3 aromatic carbocycles. The van der Waals surface area contributed by atoms with Crippen LogP contribution in [0.25, 0.3) is 6.08 Å². The Morgan fingerprint density at radius 3 is 2.47 bits per heavy atom. The number of benzene rings is 3. The van der Waals surface area contributed by atoms with Crippen LogP contribution in [-0.4, -0.2) is 44.2 Å². The maximum atomic E-state index is 12.6. The van der Waals surface area contributed by atoms with Gasteiger partial charge in [0.2, 0.25) is 12.5 Å². The van der Waals surface area contributed by atoms with Gasteiger partial charge in [-0.25, -0.2) is 4.79 Å². The van der Waals surface area contributed by atoms with Gasteiger partial charge in [-0.2, -0.15) is 0 Å². The summed E-state index contributed by atoms with van der Waals surface area (Å²) in [5.74, 6) is 1.46. The Hall–Kier alpha value is -4.26. The van der Waals surface area contributed by atoms with E-state index < -0.39 is 0 Å². The number of nitrogens with one attached hydrogen (secondary N) is 1. The van der Waals surface area contributed by atoms with E-state index in [0.717, 1.165) is 11.3 Å². The molecule has 7 nitrogen and oxygen atoms in total. The van der Waals surface area contributed by atoms with Gasteiger partial charge in [0.15, 0.2) is 17.3 Å². The predicted octanol–water partition coefficient (Wildman–Crippen LogP) is 5.03. The number of nitrogens with zero attached hydrogens (tertiary/aromatic N) is 1. The topological polar surface area (TPSA) is 77.1 Å². The van der Waals surface area contributed by atoms with Gasteiger partial charge in [-0.05, 0) is 42.3 Å². The summed E-state index contributed by atoms with van der Waals surface area (Å²) in [6.07, 6.45) is 3.77. The Labute approximate surface area is 198 Å². The van der Waals surface area contributed by atoms with Crippen LogP contribution in [0, 0.1) is 0 Å². The second-order valence-electron chi connectivity index (χ2n) is 7.75. The molecule has 1 N–H and O–H groups in total. The minimum absolute atomic E-state index is 0.0978. The number of hydrogen-bond donors (Lipinski definition) is 1. The number of anilines is 1. The first-order valence-electron chi connectivity index (χ1n) is 10.9. The van der Waals surface area contributed by atoms with Gasteiger partial charge in [0, 0.05) is 30.4 Å². The third kappa shape index (κ3) is 5.20. The van der Waals surface area contributed by atoms with Crippen LogP contribution in [0.4, 0.5) is 10.5 Å². The van der Waals surface area contributed by atoms with Crippen LogP contribution in [0.2, 0.25) is 0 Å². The Morgan fingerprint density at radius 1 is 1.06 bits per heavy atom. The van der Waals surface area contributed by atoms with E-state index in [9.17, 15) is 9.59 Å². The van der Waals surface area contributed by atoms with E-state index in [1.807, 2.05) is 54.6 Å². The molecule has 0 aliphatic carbocycles. The first kappa shape index (κ1) is 22.9. The van der Waals surface area contributed by atoms with Crippen LogP contribution in [0.5, 0.6) is 17.2 Å². The molecule has 7 heteroatoms. The lowest BCUT2D eigenvalue weighted by molar-refractivity contribution is 0.104. The maximum absolute atomic E-state index is 12.6. The Balaban J connectivity index is 1.55. The number of ketones is 1. The highest BCUT2D eigenvalue weighted by molar-refractivity contribution is 6.07. The van der Waals surface area contributed by atoms with Crippen LogP contribution in [-0.2, 0) is 6.42 Å². The van der Waals surface area contributed by atoms with Crippen molar-refractivity contribution in [2.75, 3.05) is 32.8 Å². The van der Waals surface area contributed by atoms with Crippen LogP contribution in [0.3, 0.4) is 0 Å². The number of carbonyl (C=O) groups is 2. The van der Waals surface area contributed by atoms with E-state index in [-0.39, 0.29) is 18.6 Å². The van der Waals surface area contributed by atoms with Gasteiger partial charge in [0.05, 0.1) is 7.11 Å². The van der Waals surface area contributed by atoms with Gasteiger partial charge in [0.1, 0.15) is 0 Å². The Bertz CT molecular complexity index is 1190. The largest absolute Gasteiger partial charge is 0.492 e. The maximum Gasteiger partial charge on any atom is 0.321 e. The summed E-state index contributed by atoms with van der Waals surface area (Å²) in [4.78, 5) is 26.8. The molecule has 0 spiro atoms. The molecule has 1 aliphatic rings. The fourth-order valence-electron chi connectivity index (χ4n) is 3.66. The molecular formula is C27H26N2O5. The molecule has 3 aromatic rings. The zero-order chi connectivity index (χ0) is 23.9. The van der Waals surface area contributed by atoms with Crippen molar-refractivity contribution >= 4 is 23.6 Å². The second-order valence-corrected chi connectivity index (χ2v) is 7.75. The lowest BCUT2D eigenvalue weighted by Crippen LogP contribution is -2.33. The minimum Gasteiger partial charge on any atom is -0.492 e. The minimum atomic E-state index is -0.213. The first-order valence-corrected chi connectivity index (χ1v) is 10.9. The molecule has 4 rings (SSSR count). The molecule has 0 radical (unpaired) electrons. The smallest absolute Gasteiger partial charge is 0.321 e. The molecule has 0 bridgehead atoms. The van der Waals surface area contributed by atoms with E-state index >= 15 is 0 Å². The van der Waals surface area contributed by atoms with Gasteiger partial charge < -0.3 is 24.4 Å². The van der Waals surface area contributed by atoms with Crippen molar-refractivity contribution in [1.29, 1.82) is 0 Å². The highest BCUT2D eigenvalue weighted by Crippen LogP contribution is 2.45. The molecule has 2 amide bonds. The number of amides is 2. The number of ether oxygens (including phenoxy) is 3. The van der Waals surface area contributed by atoms with Crippen molar-refractivity contribution in [1.82, 2.24) is 4.90 Å². The van der Waals surface area contributed by atoms with Crippen molar-refractivity contribution in [3.63, 3.8) is 0 Å². The standard InChI is InChI=1S/C27H26N2O5/c1-29(27(31)28-21-11-7-4-8-12-21)16-15-20-17-24-26(34-18-33-24)25(32-2)22(20)13-14-23(30)19-9-5-3-6-10-19/h3-14,17H,15-16,18H2,1-2H3,(H,28,31). The molecule has 0 aromatic heterocycles. The van der Waals surface area contributed by atoms with Gasteiger partial charge in [-0.1, -0.05) is 48.5 Å². The van der Waals surface area contributed by atoms with Gasteiger partial charge in [-0.15, -0.1) is 0 Å². The summed E-state index contributed by atoms with van der Waals surface area (Å²) in [5, 5.41) is 2.87. The van der Waals surface area contributed by atoms with E-state index in [0.29, 0.717) is 41.3 Å². The summed E-state index contributed by atoms with van der Waals surface area (Å²) in [6.45, 7) is 0.537. The number of rotatable bonds is 8. The van der Waals surface area contributed by atoms with E-state index in [2.05, 4.69) is 5.32 Å². The number of urea groups is 1. The Kier molecular flexibility index (Phi) is 7.13. The second kappa shape index (κ2) is 10.6. The Morgan fingerprint density at radius 2 is 1.76 bits per heavy atom. The normalized spacial score (nSPS) is 11.9. The molecule has 0 atom stereocenters. The molecule has 0 saturated carbocycles. The quantitative estimate of drug-likeness (QED) is 0.379. The predicted molar refractivity (Wildman–Crippen MR) is 131 cm³/mol. The summed E-state index contributed by atoms with van der Waals surface area (Å²) in [5.41, 5.74) is 2.91. The molecule has 0 unspecified atom stereocenters. The van der Waals surface area contributed by atoms with Crippen LogP contribution >= 0.6 is 0 Å². The van der Waals surface area contributed by atoms with Crippen molar-refractivity contribution in [3.8, 4) is 17.2 Å². The number of carbonyl (C=O) groups excluding carboxylic acids is 2. The number of methoxy groups -OCH3 is 1. The lowest BCUT2D eigenvalue weighted by Gasteiger charge is -2.20. The average Bonchev–Trinajstić information content (AvgIpc) is 3.34. The SMILES string of the molecule is COc1c(C=CC(=O)c2ccccc2)c(CCN(C)C(=O)Nc2ccccc2)cc2c1OCO2. The summed E-state index contributed by atoms with van der Waals surface area (Å²) < 4.78 is 16.8. The third-order valence-corrected chi connectivity index (χ3v) is 5.50. The van der Waals surface area contributed by atoms with Crippen molar-refractivity contribution < 1.29 is 23.8 Å². The molecule has 34 heavy (non-hydrogen) atoms. The molecule has 174 valence electrons. The van der Waals surface area contributed by atoms with Crippen LogP contribution in [0.1, 0.15) is 21.5 Å². The third-order valence-electron chi connectivity index (χ3n) is 5.50. The fourth-order valence-corrected chi connectivity index (χ4v) is 3.66. The van der Waals surface area contributed by atoms with E-state index in [4.69, 9.17) is 14.2 Å². The van der Waals surface area contributed by atoms with E-state index in [1.54, 1.807) is 37.3 Å². The van der Waals surface area contributed by atoms with Crippen LogP contribution in [0.15, 0.2) is 72.8 Å². The van der Waals surface area contributed by atoms with Crippen LogP contribution < -0.4 is 19.5 Å². The van der Waals surface area contributed by atoms with Gasteiger partial charge in [-0.3, -0.25) is 4.79 Å². The van der Waals surface area contributed by atoms with Crippen molar-refractivity contribution in [2.45, 2.75) is 6.42 Å².